The van der Waals surface area contributed by atoms with Gasteiger partial charge in [0.05, 0.1) is 16.6 Å². The van der Waals surface area contributed by atoms with Crippen LogP contribution in [0.25, 0.3) is 82.4 Å². The van der Waals surface area contributed by atoms with Crippen molar-refractivity contribution in [1.82, 2.24) is 23.1 Å². The number of ether oxygens (including phenoxy) is 1. The van der Waals surface area contributed by atoms with Crippen LogP contribution in [-0.2, 0) is 26.4 Å². The quantitative estimate of drug-likeness (QED) is 0.177. The monoisotopic (exact) mass is 855 g/mol. The molecule has 0 aliphatic rings. The normalized spacial score (nSPS) is 13.3. The fourth-order valence-corrected chi connectivity index (χ4v) is 9.08. The molecule has 0 saturated carbocycles. The number of para-hydroxylation sites is 4. The van der Waals surface area contributed by atoms with Crippen LogP contribution < -0.4 is 4.74 Å². The summed E-state index contributed by atoms with van der Waals surface area (Å²) in [6.07, 6.45) is 1.84. The predicted molar refractivity (Wildman–Crippen MR) is 208 cm³/mol. The molecule has 11 aromatic rings. The Morgan fingerprint density at radius 3 is 2.19 bits per heavy atom. The Kier molecular flexibility index (Phi) is 5.55. The Bertz CT molecular complexity index is 3460. The number of benzene rings is 6. The molecular weight excluding hydrogens is 822 g/mol. The molecule has 0 unspecified atom stereocenters. The van der Waals surface area contributed by atoms with Gasteiger partial charge in [0.2, 0.25) is 0 Å². The van der Waals surface area contributed by atoms with E-state index in [9.17, 15) is 0 Å². The zero-order valence-electron chi connectivity index (χ0n) is 31.2. The van der Waals surface area contributed by atoms with E-state index in [1.807, 2.05) is 55.7 Å². The van der Waals surface area contributed by atoms with E-state index in [2.05, 4.69) is 123 Å². The number of hydrogen-bond acceptors (Lipinski definition) is 2. The van der Waals surface area contributed by atoms with Crippen molar-refractivity contribution in [2.24, 2.45) is 7.05 Å². The molecule has 0 fully saturated rings. The van der Waals surface area contributed by atoms with Crippen LogP contribution in [0.5, 0.6) is 11.5 Å². The Morgan fingerprint density at radius 2 is 1.35 bits per heavy atom. The Labute approximate surface area is 313 Å². The van der Waals surface area contributed by atoms with Crippen molar-refractivity contribution in [2.75, 3.05) is 0 Å². The number of hydrogen-bond donors (Lipinski definition) is 0. The summed E-state index contributed by atoms with van der Waals surface area (Å²) in [5, 5.41) is 7.04. The number of imidazole rings is 1. The van der Waals surface area contributed by atoms with Crippen LogP contribution in [-0.4, -0.2) is 23.1 Å². The first-order valence-corrected chi connectivity index (χ1v) is 18.3. The third-order valence-electron chi connectivity index (χ3n) is 10.6. The summed E-state index contributed by atoms with van der Waals surface area (Å²) in [7, 11) is 2.03. The second-order valence-corrected chi connectivity index (χ2v) is 14.6. The van der Waals surface area contributed by atoms with Crippen molar-refractivity contribution in [3.63, 3.8) is 0 Å². The second kappa shape index (κ2) is 10.8. The SMILES string of the molecule is [2H]C([2H])([2H])c1ccc(-n2[c](=[Pt])n(C)c3ccccc32)cc1Oc1ccc2c3cc4c5cccc6c7ccccc7n(c4cc3n(-c3cc(C)ccn3)c2c1)c65. The molecule has 0 bridgehead atoms. The van der Waals surface area contributed by atoms with E-state index >= 15 is 0 Å². The zero-order chi connectivity index (χ0) is 37.3. The predicted octanol–water partition coefficient (Wildman–Crippen LogP) is 11.1. The van der Waals surface area contributed by atoms with Gasteiger partial charge >= 0.3 is 205 Å². The fourth-order valence-electron chi connectivity index (χ4n) is 8.24. The van der Waals surface area contributed by atoms with Gasteiger partial charge in [-0.1, -0.05) is 36.4 Å². The van der Waals surface area contributed by atoms with Crippen LogP contribution in [0, 0.1) is 17.6 Å². The summed E-state index contributed by atoms with van der Waals surface area (Å²) in [5.41, 5.74) is 9.62. The molecular formula is C45H31N5OPt. The van der Waals surface area contributed by atoms with Crippen molar-refractivity contribution in [3.05, 3.63) is 149 Å². The van der Waals surface area contributed by atoms with Gasteiger partial charge in [0, 0.05) is 27.7 Å². The Morgan fingerprint density at radius 1 is 0.615 bits per heavy atom. The molecule has 5 heterocycles. The Hall–Kier alpha value is -5.97. The molecule has 52 heavy (non-hydrogen) atoms. The molecule has 0 amide bonds. The molecule has 0 N–H and O–H groups in total. The van der Waals surface area contributed by atoms with Crippen LogP contribution in [0.1, 0.15) is 15.2 Å². The van der Waals surface area contributed by atoms with Crippen LogP contribution in [0.4, 0.5) is 0 Å². The van der Waals surface area contributed by atoms with E-state index in [1.54, 1.807) is 6.07 Å². The van der Waals surface area contributed by atoms with E-state index in [1.165, 1.54) is 32.6 Å². The van der Waals surface area contributed by atoms with Gasteiger partial charge in [-0.3, -0.25) is 0 Å². The average molecular weight is 856 g/mol. The number of aryl methyl sites for hydroxylation is 3. The minimum atomic E-state index is -2.39. The van der Waals surface area contributed by atoms with Gasteiger partial charge < -0.3 is 4.40 Å². The van der Waals surface area contributed by atoms with Gasteiger partial charge in [-0.05, 0) is 24.6 Å². The molecule has 0 spiro atoms. The average Bonchev–Trinajstić information content (AvgIpc) is 3.87. The van der Waals surface area contributed by atoms with Crippen LogP contribution in [0.15, 0.2) is 134 Å². The summed E-state index contributed by atoms with van der Waals surface area (Å²) in [5.74, 6) is 1.60. The number of fused-ring (bicyclic) bond motifs is 10. The summed E-state index contributed by atoms with van der Waals surface area (Å²) >= 11 is 2.31. The van der Waals surface area contributed by atoms with Gasteiger partial charge in [-0.2, -0.15) is 0 Å². The Balaban J connectivity index is 1.15. The van der Waals surface area contributed by atoms with Gasteiger partial charge in [-0.25, -0.2) is 0 Å². The van der Waals surface area contributed by atoms with Gasteiger partial charge in [0.25, 0.3) is 0 Å². The zero-order valence-corrected chi connectivity index (χ0v) is 30.4. The van der Waals surface area contributed by atoms with Crippen LogP contribution >= 0.6 is 0 Å². The number of pyridine rings is 1. The minimum Gasteiger partial charge on any atom is 0.0620 e. The maximum absolute atomic E-state index is 8.42. The standard InChI is InChI=1S/C45H31N5O.Pt/c1-27-19-20-46-44(21-27)49-40-23-30(51-43-22-29(16-15-28(43)2)48-26-47(3)38-13-6-7-14-39(38)48)17-18-32(40)35-24-36-34-11-8-10-33-31-9-4-5-12-37(31)50(45(33)34)42(36)25-41(35)49;/h4-25H,1-3H3;/i2D3;. The maximum atomic E-state index is 8.42. The molecule has 11 rings (SSSR count). The molecule has 0 saturated heterocycles. The molecule has 0 aliphatic carbocycles. The summed E-state index contributed by atoms with van der Waals surface area (Å²) < 4.78 is 41.8. The molecule has 5 aromatic heterocycles. The van der Waals surface area contributed by atoms with Crippen molar-refractivity contribution in [2.45, 2.75) is 13.8 Å². The summed E-state index contributed by atoms with van der Waals surface area (Å²) in [6, 6.07) is 43.4. The first-order chi connectivity index (χ1) is 26.7. The van der Waals surface area contributed by atoms with Gasteiger partial charge in [0.1, 0.15) is 0 Å². The third kappa shape index (κ3) is 4.04. The van der Waals surface area contributed by atoms with E-state index in [0.717, 1.165) is 59.2 Å². The van der Waals surface area contributed by atoms with E-state index in [-0.39, 0.29) is 11.3 Å². The minimum absolute atomic E-state index is 0.147. The van der Waals surface area contributed by atoms with Crippen molar-refractivity contribution in [3.8, 4) is 23.0 Å². The van der Waals surface area contributed by atoms with Crippen LogP contribution in [0.3, 0.4) is 0 Å². The number of rotatable bonds is 4. The largest absolute Gasteiger partial charge is 0.0620 e. The third-order valence-corrected chi connectivity index (χ3v) is 11.8. The molecule has 6 nitrogen and oxygen atoms in total. The van der Waals surface area contributed by atoms with Gasteiger partial charge in [-0.15, -0.1) is 0 Å². The first kappa shape index (κ1) is 26.8. The number of nitrogens with zero attached hydrogens (tertiary/aromatic N) is 5. The second-order valence-electron chi connectivity index (χ2n) is 13.6. The topological polar surface area (TPSA) is 41.3 Å². The molecule has 0 aliphatic heterocycles. The number of aromatic nitrogens is 5. The van der Waals surface area contributed by atoms with E-state index in [4.69, 9.17) is 13.8 Å². The van der Waals surface area contributed by atoms with E-state index < -0.39 is 6.85 Å². The smallest absolute Gasteiger partial charge is 0.0620 e. The van der Waals surface area contributed by atoms with Gasteiger partial charge in [0.15, 0.2) is 0 Å². The molecule has 6 aromatic carbocycles. The first-order valence-electron chi connectivity index (χ1n) is 18.7. The maximum Gasteiger partial charge on any atom is 0.0620 e. The van der Waals surface area contributed by atoms with E-state index in [0.29, 0.717) is 5.75 Å². The summed E-state index contributed by atoms with van der Waals surface area (Å²) in [6.45, 7) is -0.316. The molecule has 0 atom stereocenters. The fraction of sp³-hybridized carbons (Fsp3) is 0.0667. The molecule has 252 valence electrons. The van der Waals surface area contributed by atoms with Crippen molar-refractivity contribution >= 4 is 70.9 Å². The molecule has 0 radical (unpaired) electrons. The summed E-state index contributed by atoms with van der Waals surface area (Å²) in [4.78, 5) is 4.87. The van der Waals surface area contributed by atoms with Crippen LogP contribution in [0.2, 0.25) is 0 Å². The van der Waals surface area contributed by atoms with Crippen molar-refractivity contribution in [1.29, 1.82) is 0 Å². The van der Waals surface area contributed by atoms with Crippen molar-refractivity contribution < 1.29 is 28.2 Å². The molecule has 7 heteroatoms.